The molecule has 1 saturated heterocycles. The average Bonchev–Trinajstić information content (AvgIpc) is 2.75. The molecular formula is C27H49NO5. The van der Waals surface area contributed by atoms with E-state index in [2.05, 4.69) is 6.92 Å². The number of nitrogens with two attached hydrogens (primary N) is 1. The standard InChI is InChI=1S/C27H49NO5/c1-3-5-6-7-8-9-10-11-12-13-14-15-16-17-18-19-21(24(25(28)29)26(30)31)20-23-22(4-2)27(32)33-23/h21-24H,3-20H2,1-2H3,(H2,28,29)(H,30,31)/t21?,22-,23-,24-/m0/s1. The van der Waals surface area contributed by atoms with Crippen molar-refractivity contribution < 1.29 is 24.2 Å². The Morgan fingerprint density at radius 1 is 0.848 bits per heavy atom. The number of ether oxygens (including phenoxy) is 1. The lowest BCUT2D eigenvalue weighted by Gasteiger charge is -2.37. The molecule has 1 rings (SSSR count). The number of hydrogen-bond acceptors (Lipinski definition) is 4. The van der Waals surface area contributed by atoms with E-state index in [1.54, 1.807) is 0 Å². The molecule has 4 atom stereocenters. The molecule has 192 valence electrons. The van der Waals surface area contributed by atoms with Gasteiger partial charge in [-0.2, -0.15) is 0 Å². The molecule has 6 heteroatoms. The number of cyclic esters (lactones) is 1. The Balaban J connectivity index is 2.17. The van der Waals surface area contributed by atoms with Crippen molar-refractivity contribution in [3.63, 3.8) is 0 Å². The van der Waals surface area contributed by atoms with Gasteiger partial charge in [-0.15, -0.1) is 0 Å². The Morgan fingerprint density at radius 3 is 1.67 bits per heavy atom. The molecule has 6 nitrogen and oxygen atoms in total. The molecule has 0 spiro atoms. The third-order valence-corrected chi connectivity index (χ3v) is 7.22. The summed E-state index contributed by atoms with van der Waals surface area (Å²) in [5.74, 6) is -3.98. The van der Waals surface area contributed by atoms with Crippen LogP contribution in [0.1, 0.15) is 129 Å². The lowest BCUT2D eigenvalue weighted by molar-refractivity contribution is -0.187. The van der Waals surface area contributed by atoms with E-state index in [-0.39, 0.29) is 23.9 Å². The van der Waals surface area contributed by atoms with Gasteiger partial charge in [0.15, 0.2) is 0 Å². The summed E-state index contributed by atoms with van der Waals surface area (Å²) < 4.78 is 5.23. The summed E-state index contributed by atoms with van der Waals surface area (Å²) in [6.45, 7) is 4.18. The largest absolute Gasteiger partial charge is 0.481 e. The van der Waals surface area contributed by atoms with Gasteiger partial charge >= 0.3 is 11.9 Å². The maximum atomic E-state index is 11.8. The summed E-state index contributed by atoms with van der Waals surface area (Å²) >= 11 is 0. The lowest BCUT2D eigenvalue weighted by Crippen LogP contribution is -2.47. The number of carbonyl (C=O) groups is 3. The number of primary amides is 1. The zero-order valence-corrected chi connectivity index (χ0v) is 21.2. The van der Waals surface area contributed by atoms with Gasteiger partial charge in [0.2, 0.25) is 5.91 Å². The SMILES string of the molecule is CCCCCCCCCCCCCCCCCC(C[C@@H]1OC(=O)[C@H]1CC)[C@@H](C(N)=O)C(=O)O. The maximum absolute atomic E-state index is 11.8. The summed E-state index contributed by atoms with van der Waals surface area (Å²) in [6, 6.07) is 0. The van der Waals surface area contributed by atoms with Crippen LogP contribution in [0.5, 0.6) is 0 Å². The van der Waals surface area contributed by atoms with Gasteiger partial charge in [0.05, 0.1) is 5.92 Å². The monoisotopic (exact) mass is 467 g/mol. The minimum atomic E-state index is -1.21. The molecule has 1 amide bonds. The van der Waals surface area contributed by atoms with E-state index in [0.29, 0.717) is 19.3 Å². The van der Waals surface area contributed by atoms with Crippen LogP contribution in [-0.2, 0) is 19.1 Å². The first-order valence-corrected chi connectivity index (χ1v) is 13.6. The Bertz CT molecular complexity index is 551. The average molecular weight is 468 g/mol. The molecule has 0 saturated carbocycles. The minimum Gasteiger partial charge on any atom is -0.481 e. The number of amides is 1. The highest BCUT2D eigenvalue weighted by Crippen LogP contribution is 2.35. The summed E-state index contributed by atoms with van der Waals surface area (Å²) in [4.78, 5) is 35.0. The maximum Gasteiger partial charge on any atom is 0.316 e. The third kappa shape index (κ3) is 11.9. The summed E-state index contributed by atoms with van der Waals surface area (Å²) in [6.07, 6.45) is 20.5. The van der Waals surface area contributed by atoms with Crippen molar-refractivity contribution in [1.29, 1.82) is 0 Å². The molecule has 1 unspecified atom stereocenters. The number of carbonyl (C=O) groups excluding carboxylic acids is 2. The summed E-state index contributed by atoms with van der Waals surface area (Å²) in [7, 11) is 0. The second kappa shape index (κ2) is 17.8. The van der Waals surface area contributed by atoms with Crippen molar-refractivity contribution >= 4 is 17.8 Å². The van der Waals surface area contributed by atoms with Crippen molar-refractivity contribution in [2.45, 2.75) is 136 Å². The van der Waals surface area contributed by atoms with Crippen LogP contribution in [0.2, 0.25) is 0 Å². The highest BCUT2D eigenvalue weighted by Gasteiger charge is 2.44. The molecule has 3 N–H and O–H groups in total. The Kier molecular flexibility index (Phi) is 15.9. The van der Waals surface area contributed by atoms with E-state index >= 15 is 0 Å². The van der Waals surface area contributed by atoms with Crippen LogP contribution in [0.4, 0.5) is 0 Å². The smallest absolute Gasteiger partial charge is 0.316 e. The minimum absolute atomic E-state index is 0.184. The van der Waals surface area contributed by atoms with Crippen molar-refractivity contribution in [3.05, 3.63) is 0 Å². The van der Waals surface area contributed by atoms with Crippen molar-refractivity contribution in [1.82, 2.24) is 0 Å². The molecule has 1 fully saturated rings. The number of aliphatic carboxylic acids is 1. The molecule has 1 aliphatic rings. The zero-order chi connectivity index (χ0) is 24.5. The van der Waals surface area contributed by atoms with Gasteiger partial charge in [0.25, 0.3) is 0 Å². The number of hydrogen-bond donors (Lipinski definition) is 2. The first-order valence-electron chi connectivity index (χ1n) is 13.6. The Labute approximate surface area is 201 Å². The van der Waals surface area contributed by atoms with Gasteiger partial charge in [0.1, 0.15) is 12.0 Å². The van der Waals surface area contributed by atoms with E-state index in [4.69, 9.17) is 10.5 Å². The highest BCUT2D eigenvalue weighted by atomic mass is 16.6. The van der Waals surface area contributed by atoms with Crippen LogP contribution >= 0.6 is 0 Å². The molecule has 1 heterocycles. The normalized spacial score (nSPS) is 19.5. The highest BCUT2D eigenvalue weighted by molar-refractivity contribution is 5.96. The van der Waals surface area contributed by atoms with E-state index < -0.39 is 17.8 Å². The van der Waals surface area contributed by atoms with Gasteiger partial charge in [-0.05, 0) is 25.2 Å². The van der Waals surface area contributed by atoms with Crippen LogP contribution in [0.15, 0.2) is 0 Å². The third-order valence-electron chi connectivity index (χ3n) is 7.22. The lowest BCUT2D eigenvalue weighted by atomic mass is 9.78. The first kappa shape index (κ1) is 29.4. The second-order valence-corrected chi connectivity index (χ2v) is 9.94. The van der Waals surface area contributed by atoms with Gasteiger partial charge in [0, 0.05) is 0 Å². The molecule has 1 aliphatic heterocycles. The van der Waals surface area contributed by atoms with Crippen LogP contribution < -0.4 is 5.73 Å². The zero-order valence-electron chi connectivity index (χ0n) is 21.2. The van der Waals surface area contributed by atoms with Crippen molar-refractivity contribution in [2.75, 3.05) is 0 Å². The predicted octanol–water partition coefficient (Wildman–Crippen LogP) is 6.39. The second-order valence-electron chi connectivity index (χ2n) is 9.94. The predicted molar refractivity (Wildman–Crippen MR) is 132 cm³/mol. The number of esters is 1. The van der Waals surface area contributed by atoms with Crippen molar-refractivity contribution in [3.8, 4) is 0 Å². The fraction of sp³-hybridized carbons (Fsp3) is 0.889. The van der Waals surface area contributed by atoms with Gasteiger partial charge in [-0.25, -0.2) is 0 Å². The number of carboxylic acid groups (broad SMARTS) is 1. The quantitative estimate of drug-likeness (QED) is 0.109. The molecule has 0 aromatic heterocycles. The Morgan fingerprint density at radius 2 is 1.30 bits per heavy atom. The van der Waals surface area contributed by atoms with Crippen molar-refractivity contribution in [2.24, 2.45) is 23.5 Å². The molecule has 0 radical (unpaired) electrons. The fourth-order valence-electron chi connectivity index (χ4n) is 5.09. The van der Waals surface area contributed by atoms with Crippen LogP contribution in [0.25, 0.3) is 0 Å². The molecule has 0 aromatic carbocycles. The molecular weight excluding hydrogens is 418 g/mol. The van der Waals surface area contributed by atoms with Crippen LogP contribution in [-0.4, -0.2) is 29.1 Å². The molecule has 0 bridgehead atoms. The number of unbranched alkanes of at least 4 members (excludes halogenated alkanes) is 14. The molecule has 0 aromatic rings. The van der Waals surface area contributed by atoms with Crippen LogP contribution in [0, 0.1) is 17.8 Å². The fourth-order valence-corrected chi connectivity index (χ4v) is 5.09. The molecule has 0 aliphatic carbocycles. The van der Waals surface area contributed by atoms with E-state index in [1.807, 2.05) is 6.92 Å². The van der Waals surface area contributed by atoms with Crippen LogP contribution in [0.3, 0.4) is 0 Å². The summed E-state index contributed by atoms with van der Waals surface area (Å²) in [5.41, 5.74) is 5.40. The summed E-state index contributed by atoms with van der Waals surface area (Å²) in [5, 5.41) is 9.51. The number of carboxylic acids is 1. The van der Waals surface area contributed by atoms with E-state index in [9.17, 15) is 19.5 Å². The van der Waals surface area contributed by atoms with E-state index in [0.717, 1.165) is 19.3 Å². The number of rotatable bonds is 22. The van der Waals surface area contributed by atoms with Gasteiger partial charge in [-0.1, -0.05) is 110 Å². The van der Waals surface area contributed by atoms with Gasteiger partial charge < -0.3 is 15.6 Å². The van der Waals surface area contributed by atoms with E-state index in [1.165, 1.54) is 77.0 Å². The topological polar surface area (TPSA) is 107 Å². The first-order chi connectivity index (χ1) is 15.9. The molecule has 33 heavy (non-hydrogen) atoms. The van der Waals surface area contributed by atoms with Gasteiger partial charge in [-0.3, -0.25) is 14.4 Å². The Hall–Kier alpha value is -1.59.